The molecule has 1 fully saturated rings. The van der Waals surface area contributed by atoms with Crippen LogP contribution in [0.3, 0.4) is 0 Å². The molecule has 1 amide bonds. The van der Waals surface area contributed by atoms with E-state index in [-0.39, 0.29) is 5.91 Å². The van der Waals surface area contributed by atoms with Gasteiger partial charge in [-0.3, -0.25) is 9.69 Å². The van der Waals surface area contributed by atoms with E-state index in [0.717, 1.165) is 25.8 Å². The van der Waals surface area contributed by atoms with Crippen LogP contribution in [0.5, 0.6) is 0 Å². The Labute approximate surface area is 113 Å². The molecular weight excluding hydrogens is 244 g/mol. The lowest BCUT2D eigenvalue weighted by Gasteiger charge is -2.16. The largest absolute Gasteiger partial charge is 0.343 e. The quantitative estimate of drug-likeness (QED) is 0.599. The van der Waals surface area contributed by atoms with Gasteiger partial charge in [-0.1, -0.05) is 30.3 Å². The van der Waals surface area contributed by atoms with Gasteiger partial charge in [-0.05, 0) is 37.0 Å². The molecule has 1 heterocycles. The number of hydrogen-bond acceptors (Lipinski definition) is 2. The van der Waals surface area contributed by atoms with Crippen LogP contribution >= 0.6 is 12.2 Å². The molecule has 1 aromatic rings. The zero-order valence-electron chi connectivity index (χ0n) is 10.6. The summed E-state index contributed by atoms with van der Waals surface area (Å²) in [7, 11) is 1.87. The van der Waals surface area contributed by atoms with Crippen molar-refractivity contribution < 1.29 is 4.79 Å². The van der Waals surface area contributed by atoms with Crippen LogP contribution in [0.15, 0.2) is 30.3 Å². The molecule has 0 N–H and O–H groups in total. The van der Waals surface area contributed by atoms with Crippen LogP contribution in [0.1, 0.15) is 18.4 Å². The SMILES string of the molecule is CN1CC(=O)N(CCCCc2ccccc2)C1=S. The standard InChI is InChI=1S/C14H18N2OS/c1-15-11-13(17)16(14(15)18)10-6-5-9-12-7-3-2-4-8-12/h2-4,7-8H,5-6,9-11H2,1H3. The van der Waals surface area contributed by atoms with Crippen molar-refractivity contribution in [3.63, 3.8) is 0 Å². The Balaban J connectivity index is 1.73. The maximum absolute atomic E-state index is 11.7. The van der Waals surface area contributed by atoms with Crippen LogP contribution in [0.25, 0.3) is 0 Å². The van der Waals surface area contributed by atoms with Crippen LogP contribution in [0.4, 0.5) is 0 Å². The fourth-order valence-electron chi connectivity index (χ4n) is 2.13. The van der Waals surface area contributed by atoms with Gasteiger partial charge in [0.25, 0.3) is 0 Å². The fraction of sp³-hybridized carbons (Fsp3) is 0.429. The number of likely N-dealkylation sites (N-methyl/N-ethyl adjacent to an activating group) is 1. The number of thiocarbonyl (C=S) groups is 1. The number of carbonyl (C=O) groups excluding carboxylic acids is 1. The van der Waals surface area contributed by atoms with Crippen molar-refractivity contribution in [3.8, 4) is 0 Å². The van der Waals surface area contributed by atoms with Gasteiger partial charge in [0.15, 0.2) is 5.11 Å². The second-order valence-electron chi connectivity index (χ2n) is 4.63. The highest BCUT2D eigenvalue weighted by Gasteiger charge is 2.29. The normalized spacial score (nSPS) is 15.6. The molecule has 2 rings (SSSR count). The van der Waals surface area contributed by atoms with Crippen LogP contribution < -0.4 is 0 Å². The van der Waals surface area contributed by atoms with Gasteiger partial charge in [-0.2, -0.15) is 0 Å². The van der Waals surface area contributed by atoms with Crippen LogP contribution in [-0.2, 0) is 11.2 Å². The highest BCUT2D eigenvalue weighted by atomic mass is 32.1. The van der Waals surface area contributed by atoms with E-state index in [1.54, 1.807) is 4.90 Å². The third-order valence-electron chi connectivity index (χ3n) is 3.17. The molecule has 1 aromatic carbocycles. The monoisotopic (exact) mass is 262 g/mol. The van der Waals surface area contributed by atoms with Gasteiger partial charge in [-0.25, -0.2) is 0 Å². The first-order valence-electron chi connectivity index (χ1n) is 6.28. The third-order valence-corrected chi connectivity index (χ3v) is 3.70. The number of benzene rings is 1. The first-order chi connectivity index (χ1) is 8.68. The molecule has 0 atom stereocenters. The number of aryl methyl sites for hydroxylation is 1. The Morgan fingerprint density at radius 3 is 2.56 bits per heavy atom. The molecule has 4 heteroatoms. The van der Waals surface area contributed by atoms with E-state index < -0.39 is 0 Å². The molecule has 96 valence electrons. The minimum atomic E-state index is 0.127. The molecule has 0 radical (unpaired) electrons. The molecule has 1 aliphatic heterocycles. The summed E-state index contributed by atoms with van der Waals surface area (Å²) < 4.78 is 0. The van der Waals surface area contributed by atoms with E-state index in [1.807, 2.05) is 18.0 Å². The van der Waals surface area contributed by atoms with Crippen molar-refractivity contribution in [3.05, 3.63) is 35.9 Å². The number of amides is 1. The van der Waals surface area contributed by atoms with Crippen molar-refractivity contribution in [2.24, 2.45) is 0 Å². The van der Waals surface area contributed by atoms with Gasteiger partial charge >= 0.3 is 0 Å². The second-order valence-corrected chi connectivity index (χ2v) is 4.99. The van der Waals surface area contributed by atoms with E-state index in [9.17, 15) is 4.79 Å². The topological polar surface area (TPSA) is 23.6 Å². The van der Waals surface area contributed by atoms with E-state index >= 15 is 0 Å². The third kappa shape index (κ3) is 3.07. The zero-order valence-corrected chi connectivity index (χ0v) is 11.4. The zero-order chi connectivity index (χ0) is 13.0. The van der Waals surface area contributed by atoms with Crippen molar-refractivity contribution in [2.45, 2.75) is 19.3 Å². The number of rotatable bonds is 5. The average Bonchev–Trinajstić information content (AvgIpc) is 2.61. The summed E-state index contributed by atoms with van der Waals surface area (Å²) >= 11 is 5.21. The van der Waals surface area contributed by atoms with E-state index in [0.29, 0.717) is 11.7 Å². The Bertz CT molecular complexity index is 433. The number of unbranched alkanes of at least 4 members (excludes halogenated alkanes) is 1. The van der Waals surface area contributed by atoms with Crippen molar-refractivity contribution in [1.29, 1.82) is 0 Å². The summed E-state index contributed by atoms with van der Waals surface area (Å²) in [6, 6.07) is 10.4. The first-order valence-corrected chi connectivity index (χ1v) is 6.68. The fourth-order valence-corrected chi connectivity index (χ4v) is 2.39. The number of nitrogens with zero attached hydrogens (tertiary/aromatic N) is 2. The Hall–Kier alpha value is -1.42. The Morgan fingerprint density at radius 1 is 1.22 bits per heavy atom. The van der Waals surface area contributed by atoms with Crippen LogP contribution in [0, 0.1) is 0 Å². The molecule has 1 aliphatic rings. The van der Waals surface area contributed by atoms with E-state index in [4.69, 9.17) is 12.2 Å². The predicted octanol–water partition coefficient (Wildman–Crippen LogP) is 2.07. The molecule has 18 heavy (non-hydrogen) atoms. The molecule has 0 spiro atoms. The number of hydrogen-bond donors (Lipinski definition) is 0. The van der Waals surface area contributed by atoms with Crippen molar-refractivity contribution in [2.75, 3.05) is 20.1 Å². The Kier molecular flexibility index (Phi) is 4.31. The molecule has 0 unspecified atom stereocenters. The molecule has 0 saturated carbocycles. The molecular formula is C14H18N2OS. The smallest absolute Gasteiger partial charge is 0.248 e. The highest BCUT2D eigenvalue weighted by molar-refractivity contribution is 7.80. The van der Waals surface area contributed by atoms with Gasteiger partial charge in [0.05, 0.1) is 6.54 Å². The second kappa shape index (κ2) is 5.96. The maximum atomic E-state index is 11.7. The van der Waals surface area contributed by atoms with E-state index in [1.165, 1.54) is 5.56 Å². The van der Waals surface area contributed by atoms with E-state index in [2.05, 4.69) is 24.3 Å². The summed E-state index contributed by atoms with van der Waals surface area (Å²) in [4.78, 5) is 15.2. The van der Waals surface area contributed by atoms with Crippen molar-refractivity contribution in [1.82, 2.24) is 9.80 Å². The van der Waals surface area contributed by atoms with Gasteiger partial charge in [0.1, 0.15) is 0 Å². The van der Waals surface area contributed by atoms with Crippen molar-refractivity contribution >= 4 is 23.2 Å². The minimum Gasteiger partial charge on any atom is -0.343 e. The van der Waals surface area contributed by atoms with Crippen LogP contribution in [0.2, 0.25) is 0 Å². The summed E-state index contributed by atoms with van der Waals surface area (Å²) in [5.74, 6) is 0.127. The Morgan fingerprint density at radius 2 is 1.94 bits per heavy atom. The van der Waals surface area contributed by atoms with Gasteiger partial charge in [0, 0.05) is 13.6 Å². The number of carbonyl (C=O) groups is 1. The average molecular weight is 262 g/mol. The molecule has 0 bridgehead atoms. The first kappa shape index (κ1) is 13.0. The predicted molar refractivity (Wildman–Crippen MR) is 76.3 cm³/mol. The van der Waals surface area contributed by atoms with Crippen LogP contribution in [-0.4, -0.2) is 41.0 Å². The molecule has 0 aliphatic carbocycles. The summed E-state index contributed by atoms with van der Waals surface area (Å²) in [5, 5.41) is 0.666. The molecule has 1 saturated heterocycles. The maximum Gasteiger partial charge on any atom is 0.248 e. The van der Waals surface area contributed by atoms with Gasteiger partial charge < -0.3 is 4.90 Å². The molecule has 3 nitrogen and oxygen atoms in total. The lowest BCUT2D eigenvalue weighted by Crippen LogP contribution is -2.32. The van der Waals surface area contributed by atoms with Gasteiger partial charge in [-0.15, -0.1) is 0 Å². The lowest BCUT2D eigenvalue weighted by molar-refractivity contribution is -0.125. The van der Waals surface area contributed by atoms with Gasteiger partial charge in [0.2, 0.25) is 5.91 Å². The highest BCUT2D eigenvalue weighted by Crippen LogP contribution is 2.11. The summed E-state index contributed by atoms with van der Waals surface area (Å²) in [5.41, 5.74) is 1.35. The minimum absolute atomic E-state index is 0.127. The molecule has 0 aromatic heterocycles. The lowest BCUT2D eigenvalue weighted by atomic mass is 10.1. The summed E-state index contributed by atoms with van der Waals surface area (Å²) in [6.07, 6.45) is 3.14. The summed E-state index contributed by atoms with van der Waals surface area (Å²) in [6.45, 7) is 1.17.